The number of halogens is 1. The van der Waals surface area contributed by atoms with Crippen LogP contribution < -0.4 is 11.1 Å². The maximum atomic E-state index is 13.1. The summed E-state index contributed by atoms with van der Waals surface area (Å²) in [5.41, 5.74) is 12.5. The van der Waals surface area contributed by atoms with Gasteiger partial charge in [0.05, 0.1) is 41.4 Å². The largest absolute Gasteiger partial charge is 0.466 e. The molecule has 3 N–H and O–H groups in total. The Bertz CT molecular complexity index is 2600. The molecule has 0 saturated carbocycles. The molecule has 7 aromatic rings. The van der Waals surface area contributed by atoms with Gasteiger partial charge in [-0.2, -0.15) is 0 Å². The highest BCUT2D eigenvalue weighted by Gasteiger charge is 2.34. The Morgan fingerprint density at radius 1 is 0.903 bits per heavy atom. The Morgan fingerprint density at radius 3 is 2.29 bits per heavy atom. The monoisotopic (exact) mass is 861 g/mol. The summed E-state index contributed by atoms with van der Waals surface area (Å²) < 4.78 is 11.3. The Hall–Kier alpha value is -7.33. The lowest BCUT2D eigenvalue weighted by Gasteiger charge is -2.11. The van der Waals surface area contributed by atoms with Crippen molar-refractivity contribution >= 4 is 51.7 Å². The number of nitrogen functional groups attached to an aromatic ring is 1. The number of aryl methyl sites for hydroxylation is 2. The molecule has 0 radical (unpaired) electrons. The van der Waals surface area contributed by atoms with E-state index in [0.717, 1.165) is 50.3 Å². The first-order valence-electron chi connectivity index (χ1n) is 19.2. The van der Waals surface area contributed by atoms with Gasteiger partial charge in [-0.1, -0.05) is 43.3 Å². The third-order valence-electron chi connectivity index (χ3n) is 8.96. The lowest BCUT2D eigenvalue weighted by molar-refractivity contribution is -0.517. The van der Waals surface area contributed by atoms with E-state index in [0.29, 0.717) is 36.1 Å². The molecule has 0 saturated heterocycles. The van der Waals surface area contributed by atoms with Crippen molar-refractivity contribution in [2.24, 2.45) is 0 Å². The maximum Gasteiger partial charge on any atom is 0.388 e. The number of ether oxygens (including phenoxy) is 2. The number of nitro groups is 1. The molecule has 7 rings (SSSR count). The zero-order chi connectivity index (χ0) is 43.9. The summed E-state index contributed by atoms with van der Waals surface area (Å²) in [6, 6.07) is 24.0. The van der Waals surface area contributed by atoms with E-state index < -0.39 is 16.9 Å². The van der Waals surface area contributed by atoms with Gasteiger partial charge in [-0.15, -0.1) is 0 Å². The van der Waals surface area contributed by atoms with Gasteiger partial charge < -0.3 is 24.9 Å². The number of pyridine rings is 5. The van der Waals surface area contributed by atoms with Crippen LogP contribution >= 0.6 is 11.6 Å². The summed E-state index contributed by atoms with van der Waals surface area (Å²) in [4.78, 5) is 66.5. The van der Waals surface area contributed by atoms with Crippen LogP contribution in [0, 0.1) is 24.0 Å². The highest BCUT2D eigenvalue weighted by molar-refractivity contribution is 6.31. The summed E-state index contributed by atoms with van der Waals surface area (Å²) in [6.07, 6.45) is 7.43. The summed E-state index contributed by atoms with van der Waals surface area (Å²) in [7, 11) is 0. The summed E-state index contributed by atoms with van der Waals surface area (Å²) in [6.45, 7) is 8.11. The number of nitrogens with zero attached hydrogens (tertiary/aromatic N) is 7. The Kier molecular flexibility index (Phi) is 17.5. The average molecular weight is 862 g/mol. The van der Waals surface area contributed by atoms with Crippen molar-refractivity contribution in [2.75, 3.05) is 18.9 Å². The highest BCUT2D eigenvalue weighted by Crippen LogP contribution is 2.22. The predicted octanol–water partition coefficient (Wildman–Crippen LogP) is 7.44. The van der Waals surface area contributed by atoms with Crippen LogP contribution in [0.5, 0.6) is 0 Å². The molecule has 1 aromatic carbocycles. The van der Waals surface area contributed by atoms with Crippen LogP contribution in [0.1, 0.15) is 77.4 Å². The Balaban J connectivity index is 0.000000249. The topological polar surface area (TPSA) is 220 Å². The summed E-state index contributed by atoms with van der Waals surface area (Å²) in [5, 5.41) is 15.2. The van der Waals surface area contributed by atoms with Gasteiger partial charge in [-0.05, 0) is 105 Å². The standard InChI is InChI=1S/C26H23ClN6O.C9H10N2O4.C9H11NO2.CH4/c1-15-9-23(28)31-16(2)20(15)14-30-26(34)25-22-5-3-4-8-33(22)24(32-25)11-17-6-7-21-18(10-17)12-19(27)13-29-21;1-2-15-9(12)8(11(13)14)7-5-3-4-6-10-7;1-2-12-9(11)7-8-5-3-4-6-10-8;/h3-10,12-13H,11,14H2,1-2H3,(H2,28,31)(H,30,34);3-6,8H,2H2,1H3;3-6H,2,7H2,1H3;1H4. The maximum absolute atomic E-state index is 13.1. The fourth-order valence-electron chi connectivity index (χ4n) is 6.18. The fourth-order valence-corrected chi connectivity index (χ4v) is 6.35. The van der Waals surface area contributed by atoms with Crippen LogP contribution in [-0.2, 0) is 38.4 Å². The molecule has 17 heteroatoms. The second-order valence-corrected chi connectivity index (χ2v) is 13.7. The van der Waals surface area contributed by atoms with Gasteiger partial charge in [0.2, 0.25) is 0 Å². The van der Waals surface area contributed by atoms with Gasteiger partial charge in [-0.3, -0.25) is 34.7 Å². The molecule has 6 aromatic heterocycles. The van der Waals surface area contributed by atoms with Gasteiger partial charge in [0.25, 0.3) is 5.91 Å². The van der Waals surface area contributed by atoms with Crippen molar-refractivity contribution in [3.63, 3.8) is 0 Å². The predicted molar refractivity (Wildman–Crippen MR) is 236 cm³/mol. The van der Waals surface area contributed by atoms with E-state index in [1.54, 1.807) is 44.4 Å². The van der Waals surface area contributed by atoms with Crippen molar-refractivity contribution < 1.29 is 28.8 Å². The number of hydrogen-bond acceptors (Lipinski definition) is 13. The lowest BCUT2D eigenvalue weighted by Crippen LogP contribution is -2.24. The van der Waals surface area contributed by atoms with E-state index in [4.69, 9.17) is 27.1 Å². The number of carbonyl (C=O) groups is 3. The molecule has 0 bridgehead atoms. The molecule has 1 unspecified atom stereocenters. The number of esters is 2. The van der Waals surface area contributed by atoms with E-state index in [9.17, 15) is 24.5 Å². The first kappa shape index (κ1) is 47.3. The molecule has 322 valence electrons. The van der Waals surface area contributed by atoms with Gasteiger partial charge in [-0.25, -0.2) is 14.8 Å². The quantitative estimate of drug-likeness (QED) is 0.0694. The SMILES string of the molecule is C.CCOC(=O)C(c1ccccn1)[N+](=O)[O-].CCOC(=O)Cc1ccccn1.Cc1cc(N)nc(C)c1CNC(=O)c1nc(Cc2ccc3ncc(Cl)cc3c2)n2ccccc12. The number of fused-ring (bicyclic) bond motifs is 2. The van der Waals surface area contributed by atoms with Gasteiger partial charge in [0.1, 0.15) is 17.3 Å². The number of carbonyl (C=O) groups excluding carboxylic acids is 3. The molecule has 62 heavy (non-hydrogen) atoms. The molecular weight excluding hydrogens is 814 g/mol. The number of amides is 1. The summed E-state index contributed by atoms with van der Waals surface area (Å²) >= 11 is 6.12. The van der Waals surface area contributed by atoms with Crippen molar-refractivity contribution in [2.45, 2.75) is 60.5 Å². The molecule has 0 aliphatic heterocycles. The average Bonchev–Trinajstić information content (AvgIpc) is 3.59. The van der Waals surface area contributed by atoms with Crippen molar-refractivity contribution in [3.8, 4) is 0 Å². The van der Waals surface area contributed by atoms with E-state index >= 15 is 0 Å². The molecule has 0 fully saturated rings. The molecule has 16 nitrogen and oxygen atoms in total. The zero-order valence-corrected chi connectivity index (χ0v) is 34.7. The minimum atomic E-state index is -1.54. The van der Waals surface area contributed by atoms with Gasteiger partial charge in [0, 0.05) is 53.8 Å². The highest BCUT2D eigenvalue weighted by atomic mass is 35.5. The number of nitrogens with two attached hydrogens (primary N) is 1. The van der Waals surface area contributed by atoms with Crippen LogP contribution in [-0.4, -0.2) is 65.3 Å². The second-order valence-electron chi connectivity index (χ2n) is 13.3. The molecule has 1 amide bonds. The van der Waals surface area contributed by atoms with Crippen LogP contribution in [0.3, 0.4) is 0 Å². The normalized spacial score (nSPS) is 10.9. The number of imidazole rings is 1. The summed E-state index contributed by atoms with van der Waals surface area (Å²) in [5.74, 6) is -0.101. The van der Waals surface area contributed by atoms with Gasteiger partial charge in [0.15, 0.2) is 5.69 Å². The Morgan fingerprint density at radius 2 is 1.63 bits per heavy atom. The molecule has 1 atom stereocenters. The minimum Gasteiger partial charge on any atom is -0.466 e. The molecule has 6 heterocycles. The number of hydrogen-bond donors (Lipinski definition) is 2. The first-order chi connectivity index (χ1) is 29.4. The number of aromatic nitrogens is 6. The third kappa shape index (κ3) is 12.8. The number of nitrogens with one attached hydrogen (secondary N) is 1. The molecule has 0 aliphatic rings. The van der Waals surface area contributed by atoms with Crippen LogP contribution in [0.25, 0.3) is 16.4 Å². The molecule has 0 spiro atoms. The number of benzene rings is 1. The fraction of sp³-hybridized carbons (Fsp3) is 0.244. The van der Waals surface area contributed by atoms with Crippen LogP contribution in [0.15, 0.2) is 110 Å². The van der Waals surface area contributed by atoms with E-state index in [2.05, 4.69) is 36.1 Å². The van der Waals surface area contributed by atoms with Crippen molar-refractivity contribution in [1.29, 1.82) is 0 Å². The van der Waals surface area contributed by atoms with E-state index in [1.807, 2.05) is 79.0 Å². The first-order valence-corrected chi connectivity index (χ1v) is 19.5. The van der Waals surface area contributed by atoms with Crippen LogP contribution in [0.2, 0.25) is 5.02 Å². The molecular formula is C45H48ClN9O7. The van der Waals surface area contributed by atoms with Gasteiger partial charge >= 0.3 is 18.0 Å². The van der Waals surface area contributed by atoms with Crippen molar-refractivity contribution in [3.05, 3.63) is 170 Å². The molecule has 0 aliphatic carbocycles. The lowest BCUT2D eigenvalue weighted by atomic mass is 10.1. The smallest absolute Gasteiger partial charge is 0.388 e. The number of rotatable bonds is 12. The zero-order valence-electron chi connectivity index (χ0n) is 33.9. The van der Waals surface area contributed by atoms with Crippen LogP contribution in [0.4, 0.5) is 5.82 Å². The number of anilines is 1. The van der Waals surface area contributed by atoms with E-state index in [-0.39, 0.29) is 38.0 Å². The van der Waals surface area contributed by atoms with E-state index in [1.165, 1.54) is 12.3 Å². The van der Waals surface area contributed by atoms with Crippen molar-refractivity contribution in [1.82, 2.24) is 34.6 Å². The minimum absolute atomic E-state index is 0. The third-order valence-corrected chi connectivity index (χ3v) is 9.16. The second kappa shape index (κ2) is 22.9. The Labute approximate surface area is 363 Å².